The molecule has 0 rings (SSSR count). The number of aliphatic hydroxyl groups excluding tert-OH is 2. The number of ether oxygens (including phenoxy) is 1. The second-order valence-corrected chi connectivity index (χ2v) is 18.6. The molecule has 0 aliphatic heterocycles. The minimum atomic E-state index is -0.817. The summed E-state index contributed by atoms with van der Waals surface area (Å²) in [5.74, 6) is -0.588. The van der Waals surface area contributed by atoms with Crippen molar-refractivity contribution in [3.8, 4) is 0 Å². The van der Waals surface area contributed by atoms with E-state index < -0.39 is 18.2 Å². The summed E-state index contributed by atoms with van der Waals surface area (Å²) >= 11 is 0. The van der Waals surface area contributed by atoms with Crippen molar-refractivity contribution >= 4 is 11.9 Å². The van der Waals surface area contributed by atoms with Crippen molar-refractivity contribution in [2.45, 2.75) is 277 Å². The number of hydrogen-bond acceptors (Lipinski definition) is 5. The first-order valence-electron chi connectivity index (χ1n) is 27.8. The van der Waals surface area contributed by atoms with Crippen LogP contribution in [0.25, 0.3) is 0 Å². The predicted octanol–water partition coefficient (Wildman–Crippen LogP) is 17.1. The zero-order valence-electron chi connectivity index (χ0n) is 43.3. The van der Waals surface area contributed by atoms with E-state index >= 15 is 0 Å². The maximum absolute atomic E-state index is 13.2. The lowest BCUT2D eigenvalue weighted by molar-refractivity contribution is -0.150. The summed E-state index contributed by atoms with van der Waals surface area (Å²) in [7, 11) is 0. The van der Waals surface area contributed by atoms with E-state index in [0.29, 0.717) is 19.3 Å². The van der Waals surface area contributed by atoms with E-state index in [1.54, 1.807) is 0 Å². The molecule has 6 heteroatoms. The van der Waals surface area contributed by atoms with E-state index in [1.165, 1.54) is 128 Å². The number of aliphatic hydroxyl groups is 2. The number of esters is 1. The summed E-state index contributed by atoms with van der Waals surface area (Å²) in [5.41, 5.74) is 0. The Morgan fingerprint density at radius 2 is 0.848 bits per heavy atom. The number of nitrogens with one attached hydrogen (secondary N) is 1. The minimum absolute atomic E-state index is 0.00678. The van der Waals surface area contributed by atoms with Crippen LogP contribution in [0.5, 0.6) is 0 Å². The minimum Gasteiger partial charge on any atom is -0.461 e. The molecule has 0 aromatic carbocycles. The van der Waals surface area contributed by atoms with Gasteiger partial charge in [-0.15, -0.1) is 0 Å². The molecule has 0 saturated carbocycles. The molecule has 0 heterocycles. The quantitative estimate of drug-likeness (QED) is 0.0321. The Kier molecular flexibility index (Phi) is 50.6. The molecular weight excluding hydrogens is 815 g/mol. The third-order valence-electron chi connectivity index (χ3n) is 12.2. The van der Waals surface area contributed by atoms with Crippen LogP contribution in [0.15, 0.2) is 85.1 Å². The fourth-order valence-corrected chi connectivity index (χ4v) is 8.01. The fraction of sp³-hybridized carbons (Fsp3) is 0.733. The average Bonchev–Trinajstić information content (AvgIpc) is 3.31. The number of allylic oxidation sites excluding steroid dienone is 13. The summed E-state index contributed by atoms with van der Waals surface area (Å²) in [6.07, 6.45) is 69.4. The third-order valence-corrected chi connectivity index (χ3v) is 12.2. The van der Waals surface area contributed by atoms with Gasteiger partial charge in [-0.1, -0.05) is 247 Å². The summed E-state index contributed by atoms with van der Waals surface area (Å²) in [6, 6.07) is -0.738. The van der Waals surface area contributed by atoms with Crippen molar-refractivity contribution in [1.29, 1.82) is 0 Å². The van der Waals surface area contributed by atoms with Crippen LogP contribution in [0.4, 0.5) is 0 Å². The maximum atomic E-state index is 13.2. The van der Waals surface area contributed by atoms with E-state index in [-0.39, 0.29) is 24.9 Å². The fourth-order valence-electron chi connectivity index (χ4n) is 8.01. The molecule has 0 saturated heterocycles. The summed E-state index contributed by atoms with van der Waals surface area (Å²) in [5, 5.41) is 23.8. The van der Waals surface area contributed by atoms with Crippen LogP contribution in [-0.2, 0) is 14.3 Å². The standard InChI is InChI=1S/C60H105NO5/c1-4-7-10-13-16-19-22-25-28-29-32-35-38-41-44-47-50-53-60(65)66-56(51-48-45-42-39-36-33-30-26-23-20-17-14-11-8-5-2)54-59(64)61-57(55-62)58(63)52-49-46-43-40-37-34-31-27-24-21-18-15-12-9-6-3/h8,11,16-17,19-20,25-26,28,30,36,39,45,48,56-58,62-63H,4-7,9-10,12-15,18,21-24,27,29,31-35,37-38,40-44,46-47,49-55H2,1-3H3,(H,61,64)/b11-8-,19-16-,20-17-,28-25-,30-26-,39-36-,48-45-. The largest absolute Gasteiger partial charge is 0.461 e. The van der Waals surface area contributed by atoms with Crippen LogP contribution in [0.1, 0.15) is 258 Å². The Balaban J connectivity index is 4.69. The number of rotatable bonds is 49. The number of carbonyl (C=O) groups excluding carboxylic acids is 2. The first-order chi connectivity index (χ1) is 32.5. The zero-order chi connectivity index (χ0) is 48.1. The van der Waals surface area contributed by atoms with Gasteiger partial charge in [0.2, 0.25) is 5.91 Å². The van der Waals surface area contributed by atoms with Gasteiger partial charge in [0.15, 0.2) is 0 Å². The highest BCUT2D eigenvalue weighted by Crippen LogP contribution is 2.17. The molecule has 380 valence electrons. The van der Waals surface area contributed by atoms with Gasteiger partial charge in [-0.2, -0.15) is 0 Å². The molecule has 0 spiro atoms. The lowest BCUT2D eigenvalue weighted by atomic mass is 10.0. The van der Waals surface area contributed by atoms with Crippen LogP contribution in [0.3, 0.4) is 0 Å². The summed E-state index contributed by atoms with van der Waals surface area (Å²) in [4.78, 5) is 26.2. The Bertz CT molecular complexity index is 1260. The molecular formula is C60H105NO5. The molecule has 0 radical (unpaired) electrons. The van der Waals surface area contributed by atoms with Crippen LogP contribution < -0.4 is 5.32 Å². The smallest absolute Gasteiger partial charge is 0.306 e. The van der Waals surface area contributed by atoms with Gasteiger partial charge in [-0.25, -0.2) is 0 Å². The van der Waals surface area contributed by atoms with Gasteiger partial charge in [-0.05, 0) is 77.0 Å². The van der Waals surface area contributed by atoms with Gasteiger partial charge >= 0.3 is 5.97 Å². The number of hydrogen-bond donors (Lipinski definition) is 3. The van der Waals surface area contributed by atoms with Crippen LogP contribution in [0.2, 0.25) is 0 Å². The molecule has 3 unspecified atom stereocenters. The van der Waals surface area contributed by atoms with Crippen molar-refractivity contribution in [3.63, 3.8) is 0 Å². The average molecular weight is 921 g/mol. The van der Waals surface area contributed by atoms with Gasteiger partial charge < -0.3 is 20.3 Å². The van der Waals surface area contributed by atoms with Crippen molar-refractivity contribution in [3.05, 3.63) is 85.1 Å². The van der Waals surface area contributed by atoms with E-state index in [1.807, 2.05) is 12.2 Å². The Labute approximate surface area is 408 Å². The molecule has 0 bridgehead atoms. The second-order valence-electron chi connectivity index (χ2n) is 18.6. The van der Waals surface area contributed by atoms with E-state index in [0.717, 1.165) is 83.5 Å². The van der Waals surface area contributed by atoms with Crippen molar-refractivity contribution in [2.75, 3.05) is 6.61 Å². The van der Waals surface area contributed by atoms with Gasteiger partial charge in [-0.3, -0.25) is 9.59 Å². The maximum Gasteiger partial charge on any atom is 0.306 e. The number of carbonyl (C=O) groups is 2. The topological polar surface area (TPSA) is 95.9 Å². The molecule has 3 N–H and O–H groups in total. The lowest BCUT2D eigenvalue weighted by Crippen LogP contribution is -2.46. The molecule has 3 atom stereocenters. The van der Waals surface area contributed by atoms with Crippen LogP contribution >= 0.6 is 0 Å². The summed E-state index contributed by atoms with van der Waals surface area (Å²) in [6.45, 7) is 6.33. The van der Waals surface area contributed by atoms with E-state index in [9.17, 15) is 19.8 Å². The third kappa shape index (κ3) is 47.5. The molecule has 66 heavy (non-hydrogen) atoms. The van der Waals surface area contributed by atoms with Crippen molar-refractivity contribution in [2.24, 2.45) is 0 Å². The molecule has 0 aromatic rings. The highest BCUT2D eigenvalue weighted by Gasteiger charge is 2.23. The second kappa shape index (κ2) is 53.0. The number of unbranched alkanes of at least 4 members (excludes halogenated alkanes) is 24. The van der Waals surface area contributed by atoms with Crippen LogP contribution in [0, 0.1) is 0 Å². The molecule has 0 aromatic heterocycles. The first-order valence-corrected chi connectivity index (χ1v) is 27.8. The Hall–Kier alpha value is -2.96. The van der Waals surface area contributed by atoms with E-state index in [2.05, 4.69) is 99.0 Å². The van der Waals surface area contributed by atoms with Crippen molar-refractivity contribution < 1.29 is 24.5 Å². The molecule has 1 amide bonds. The van der Waals surface area contributed by atoms with Gasteiger partial charge in [0.05, 0.1) is 25.2 Å². The van der Waals surface area contributed by atoms with Gasteiger partial charge in [0.25, 0.3) is 0 Å². The van der Waals surface area contributed by atoms with E-state index in [4.69, 9.17) is 4.74 Å². The lowest BCUT2D eigenvalue weighted by Gasteiger charge is -2.24. The normalized spacial score (nSPS) is 13.8. The van der Waals surface area contributed by atoms with Crippen molar-refractivity contribution in [1.82, 2.24) is 5.32 Å². The molecule has 6 nitrogen and oxygen atoms in total. The molecule has 0 aliphatic carbocycles. The monoisotopic (exact) mass is 920 g/mol. The highest BCUT2D eigenvalue weighted by atomic mass is 16.5. The molecule has 0 aliphatic rings. The zero-order valence-corrected chi connectivity index (χ0v) is 43.3. The Morgan fingerprint density at radius 1 is 0.470 bits per heavy atom. The predicted molar refractivity (Wildman–Crippen MR) is 287 cm³/mol. The SMILES string of the molecule is CC/C=C\C/C=C\C/C=C\C/C=C\C/C=C\CC(CC(=O)NC(CO)C(O)CCCCCCCCCCCCCCCCC)OC(=O)CCCCCCCCC/C=C\C/C=C\CCCCC. The summed E-state index contributed by atoms with van der Waals surface area (Å²) < 4.78 is 5.88. The van der Waals surface area contributed by atoms with Crippen LogP contribution in [-0.4, -0.2) is 46.9 Å². The number of amides is 1. The highest BCUT2D eigenvalue weighted by molar-refractivity contribution is 5.77. The van der Waals surface area contributed by atoms with Gasteiger partial charge in [0.1, 0.15) is 6.10 Å². The Morgan fingerprint density at radius 3 is 1.32 bits per heavy atom. The van der Waals surface area contributed by atoms with Gasteiger partial charge in [0, 0.05) is 12.8 Å². The molecule has 0 fully saturated rings. The first kappa shape index (κ1) is 63.0.